The fourth-order valence-corrected chi connectivity index (χ4v) is 1.94. The molecular formula is C9H17I3N3O6V. The standard InChI is InChI=1S/C9H17N3O6.3HI.V/c1-9(17)2-4(14)6(11-12-10)8(18-9)7(16)5(15)3-13;;;;/h4-8,13-17H,2-3H2,1H3;3*1H;/q;;;;+3/p-3/t4?,5?,6-,7?,8?,9?;;;;/m0..../s1. The van der Waals surface area contributed by atoms with Gasteiger partial charge >= 0.3 is 64.9 Å². The Bertz CT molecular complexity index is 385. The molecule has 1 saturated heterocycles. The Morgan fingerprint density at radius 2 is 1.95 bits per heavy atom. The van der Waals surface area contributed by atoms with Crippen molar-refractivity contribution in [3.63, 3.8) is 0 Å². The van der Waals surface area contributed by atoms with Crippen molar-refractivity contribution in [1.29, 1.82) is 0 Å². The molecule has 1 aliphatic heterocycles. The first-order chi connectivity index (χ1) is 10.1. The summed E-state index contributed by atoms with van der Waals surface area (Å²) in [5.41, 5.74) is 8.40. The van der Waals surface area contributed by atoms with Crippen LogP contribution in [0.15, 0.2) is 5.11 Å². The van der Waals surface area contributed by atoms with Gasteiger partial charge in [-0.05, 0) is 12.5 Å². The van der Waals surface area contributed by atoms with Crippen molar-refractivity contribution in [1.82, 2.24) is 0 Å². The molecule has 0 spiro atoms. The second-order valence-electron chi connectivity index (χ2n) is 4.66. The summed E-state index contributed by atoms with van der Waals surface area (Å²) in [7, 11) is 0. The Morgan fingerprint density at radius 1 is 1.45 bits per heavy atom. The minimum atomic E-state index is -1.72. The summed E-state index contributed by atoms with van der Waals surface area (Å²) in [5.74, 6) is -1.72. The second-order valence-corrected chi connectivity index (χ2v) is 40.0. The molecule has 13 heteroatoms. The van der Waals surface area contributed by atoms with Gasteiger partial charge in [0.05, 0.1) is 18.8 Å². The molecular weight excluding hydrogens is 678 g/mol. The van der Waals surface area contributed by atoms with Crippen LogP contribution in [0.4, 0.5) is 0 Å². The number of aliphatic hydroxyl groups excluding tert-OH is 4. The van der Waals surface area contributed by atoms with E-state index in [1.807, 2.05) is 0 Å². The molecule has 1 aliphatic rings. The quantitative estimate of drug-likeness (QED) is 0.127. The number of hydrogen-bond donors (Lipinski definition) is 5. The molecule has 6 atom stereocenters. The van der Waals surface area contributed by atoms with Crippen LogP contribution in [0, 0.1) is 0 Å². The molecule has 0 saturated carbocycles. The van der Waals surface area contributed by atoms with Crippen LogP contribution in [-0.4, -0.2) is 68.4 Å². The predicted molar refractivity (Wildman–Crippen MR) is 100 cm³/mol. The maximum absolute atomic E-state index is 9.75. The summed E-state index contributed by atoms with van der Waals surface area (Å²) >= 11 is 7.39. The zero-order valence-electron chi connectivity index (χ0n) is 11.4. The van der Waals surface area contributed by atoms with E-state index in [-0.39, 0.29) is 11.3 Å². The van der Waals surface area contributed by atoms with Crippen molar-refractivity contribution in [3.8, 4) is 0 Å². The number of nitrogens with zero attached hydrogens (tertiary/aromatic N) is 3. The summed E-state index contributed by atoms with van der Waals surface area (Å²) in [6.45, 7) is 0.538. The molecule has 0 amide bonds. The molecule has 130 valence electrons. The molecule has 0 radical (unpaired) electrons. The van der Waals surface area contributed by atoms with E-state index in [4.69, 9.17) is 15.4 Å². The van der Waals surface area contributed by atoms with Crippen molar-refractivity contribution in [2.24, 2.45) is 5.11 Å². The average molecular weight is 695 g/mol. The molecule has 1 heterocycles. The summed E-state index contributed by atoms with van der Waals surface area (Å²) in [4.78, 5) is 2.25. The number of rotatable bonds is 4. The average Bonchev–Trinajstić information content (AvgIpc) is 2.38. The van der Waals surface area contributed by atoms with Crippen molar-refractivity contribution in [2.45, 2.75) is 49.6 Å². The van der Waals surface area contributed by atoms with Gasteiger partial charge in [-0.1, -0.05) is 5.11 Å². The Balaban J connectivity index is 0.000000980. The number of ether oxygens (including phenoxy) is 1. The van der Waals surface area contributed by atoms with Gasteiger partial charge in [0.1, 0.15) is 18.3 Å². The number of azide groups is 1. The van der Waals surface area contributed by atoms with Gasteiger partial charge in [0.2, 0.25) is 0 Å². The Morgan fingerprint density at radius 3 is 2.36 bits per heavy atom. The van der Waals surface area contributed by atoms with Gasteiger partial charge in [-0.2, -0.15) is 0 Å². The van der Waals surface area contributed by atoms with E-state index in [0.29, 0.717) is 0 Å². The molecule has 0 aromatic carbocycles. The van der Waals surface area contributed by atoms with Crippen LogP contribution < -0.4 is 0 Å². The van der Waals surface area contributed by atoms with Crippen LogP contribution in [0.2, 0.25) is 0 Å². The third-order valence-electron chi connectivity index (χ3n) is 2.81. The van der Waals surface area contributed by atoms with E-state index in [2.05, 4.69) is 70.0 Å². The Kier molecular flexibility index (Phi) is 12.4. The summed E-state index contributed by atoms with van der Waals surface area (Å²) in [6, 6.07) is -1.16. The van der Waals surface area contributed by atoms with Crippen LogP contribution in [0.1, 0.15) is 13.3 Å². The van der Waals surface area contributed by atoms with Gasteiger partial charge in [0.15, 0.2) is 5.79 Å². The van der Waals surface area contributed by atoms with Crippen molar-refractivity contribution < 1.29 is 35.2 Å². The third kappa shape index (κ3) is 8.80. The minimum absolute atomic E-state index is 0.199. The van der Waals surface area contributed by atoms with Crippen molar-refractivity contribution in [3.05, 3.63) is 10.4 Å². The Hall–Kier alpha value is 1.84. The van der Waals surface area contributed by atoms with E-state index in [1.54, 1.807) is 0 Å². The molecule has 1 fully saturated rings. The van der Waals surface area contributed by atoms with Crippen molar-refractivity contribution >= 4 is 59.9 Å². The van der Waals surface area contributed by atoms with E-state index in [1.165, 1.54) is 6.92 Å². The SMILES string of the molecule is CC1(O)CC(O)[C@H](N=[N+]=[N-])C(C(O)C(O)CO)O1.[I][V]([I])[I]. The fraction of sp³-hybridized carbons (Fsp3) is 1.00. The fourth-order valence-electron chi connectivity index (χ4n) is 1.94. The van der Waals surface area contributed by atoms with Gasteiger partial charge in [-0.15, -0.1) is 0 Å². The Labute approximate surface area is 165 Å². The van der Waals surface area contributed by atoms with Gasteiger partial charge in [0, 0.05) is 11.3 Å². The first kappa shape index (κ1) is 23.8. The topological polar surface area (TPSA) is 159 Å². The summed E-state index contributed by atoms with van der Waals surface area (Å²) < 4.78 is 5.10. The molecule has 9 nitrogen and oxygen atoms in total. The molecule has 5 N–H and O–H groups in total. The molecule has 0 aromatic rings. The molecule has 22 heavy (non-hydrogen) atoms. The van der Waals surface area contributed by atoms with Crippen LogP contribution >= 0.6 is 59.9 Å². The normalized spacial score (nSPS) is 34.2. The van der Waals surface area contributed by atoms with E-state index in [9.17, 15) is 20.4 Å². The van der Waals surface area contributed by atoms with Gasteiger partial charge in [0.25, 0.3) is 0 Å². The van der Waals surface area contributed by atoms with Crippen LogP contribution in [0.3, 0.4) is 0 Å². The molecule has 0 aromatic heterocycles. The number of hydrogen-bond acceptors (Lipinski definition) is 7. The molecule has 0 aliphatic carbocycles. The van der Waals surface area contributed by atoms with E-state index >= 15 is 0 Å². The predicted octanol–water partition coefficient (Wildman–Crippen LogP) is 0.892. The zero-order chi connectivity index (χ0) is 17.5. The van der Waals surface area contributed by atoms with Crippen LogP contribution in [-0.2, 0) is 9.66 Å². The number of halogens is 3. The maximum atomic E-state index is 9.75. The van der Waals surface area contributed by atoms with Crippen LogP contribution in [0.5, 0.6) is 0 Å². The first-order valence-corrected chi connectivity index (χ1v) is 19.4. The molecule has 1 rings (SSSR count). The van der Waals surface area contributed by atoms with Gasteiger partial charge < -0.3 is 30.3 Å². The summed E-state index contributed by atoms with van der Waals surface area (Å²) in [5, 5.41) is 50.6. The zero-order valence-corrected chi connectivity index (χ0v) is 19.2. The monoisotopic (exact) mass is 695 g/mol. The van der Waals surface area contributed by atoms with Gasteiger partial charge in [-0.3, -0.25) is 0 Å². The second kappa shape index (κ2) is 11.5. The van der Waals surface area contributed by atoms with E-state index < -0.39 is 42.9 Å². The molecule has 5 unspecified atom stereocenters. The van der Waals surface area contributed by atoms with Crippen molar-refractivity contribution in [2.75, 3.05) is 6.61 Å². The molecule has 0 bridgehead atoms. The van der Waals surface area contributed by atoms with Gasteiger partial charge in [-0.25, -0.2) is 0 Å². The first-order valence-electron chi connectivity index (χ1n) is 5.92. The van der Waals surface area contributed by atoms with Crippen LogP contribution in [0.25, 0.3) is 10.4 Å². The summed E-state index contributed by atoms with van der Waals surface area (Å²) in [6.07, 6.45) is -5.88. The number of aliphatic hydroxyl groups is 5. The third-order valence-corrected chi connectivity index (χ3v) is 2.81. The van der Waals surface area contributed by atoms with E-state index in [0.717, 1.165) is 0 Å².